The molecule has 5 nitrogen and oxygen atoms in total. The number of nitrogens with zero attached hydrogens (tertiary/aromatic N) is 2. The number of hydrogen-bond acceptors (Lipinski definition) is 4. The van der Waals surface area contributed by atoms with Crippen molar-refractivity contribution in [2.24, 2.45) is 0 Å². The number of esters is 1. The fraction of sp³-hybridized carbons (Fsp3) is 0.238. The summed E-state index contributed by atoms with van der Waals surface area (Å²) in [4.78, 5) is 27.5. The van der Waals surface area contributed by atoms with Gasteiger partial charge in [-0.05, 0) is 43.5 Å². The monoisotopic (exact) mass is 382 g/mol. The van der Waals surface area contributed by atoms with Gasteiger partial charge in [-0.2, -0.15) is 0 Å². The molecule has 0 aliphatic heterocycles. The minimum Gasteiger partial charge on any atom is -0.452 e. The van der Waals surface area contributed by atoms with Gasteiger partial charge in [0.05, 0.1) is 12.1 Å². The minimum absolute atomic E-state index is 0.276. The molecule has 0 saturated carbocycles. The zero-order valence-corrected chi connectivity index (χ0v) is 16.5. The van der Waals surface area contributed by atoms with Crippen LogP contribution in [0.2, 0.25) is 0 Å². The predicted molar refractivity (Wildman–Crippen MR) is 107 cm³/mol. The van der Waals surface area contributed by atoms with E-state index in [9.17, 15) is 9.59 Å². The van der Waals surface area contributed by atoms with Crippen molar-refractivity contribution in [1.82, 2.24) is 4.57 Å². The quantitative estimate of drug-likeness (QED) is 0.605. The number of ether oxygens (including phenoxy) is 1. The number of para-hydroxylation sites is 1. The molecule has 0 radical (unpaired) electrons. The van der Waals surface area contributed by atoms with Gasteiger partial charge in [-0.1, -0.05) is 24.3 Å². The number of aryl methyl sites for hydroxylation is 1. The van der Waals surface area contributed by atoms with E-state index in [0.717, 1.165) is 23.6 Å². The standard InChI is InChI=1S/C21H22N2O3S/c1-15-12-19(16(2)23(15)13-18-10-7-11-27-18)21(25)26-14-20(24)22(3)17-8-5-4-6-9-17/h4-12H,13-14H2,1-3H3. The summed E-state index contributed by atoms with van der Waals surface area (Å²) < 4.78 is 7.36. The summed E-state index contributed by atoms with van der Waals surface area (Å²) in [7, 11) is 1.67. The average molecular weight is 382 g/mol. The molecule has 0 aliphatic carbocycles. The molecule has 140 valence electrons. The molecule has 6 heteroatoms. The first-order valence-electron chi connectivity index (χ1n) is 8.65. The van der Waals surface area contributed by atoms with Gasteiger partial charge in [0, 0.05) is 29.0 Å². The maximum Gasteiger partial charge on any atom is 0.340 e. The van der Waals surface area contributed by atoms with E-state index in [1.807, 2.05) is 61.7 Å². The third kappa shape index (κ3) is 4.28. The molecule has 0 atom stereocenters. The first-order chi connectivity index (χ1) is 13.0. The maximum absolute atomic E-state index is 12.5. The molecule has 1 amide bonds. The van der Waals surface area contributed by atoms with Gasteiger partial charge in [0.1, 0.15) is 0 Å². The summed E-state index contributed by atoms with van der Waals surface area (Å²) >= 11 is 1.68. The van der Waals surface area contributed by atoms with Crippen molar-refractivity contribution < 1.29 is 14.3 Å². The highest BCUT2D eigenvalue weighted by atomic mass is 32.1. The molecule has 3 aromatic rings. The highest BCUT2D eigenvalue weighted by Gasteiger charge is 2.19. The van der Waals surface area contributed by atoms with Crippen LogP contribution in [0.1, 0.15) is 26.6 Å². The molecule has 1 aromatic carbocycles. The fourth-order valence-electron chi connectivity index (χ4n) is 2.91. The van der Waals surface area contributed by atoms with Gasteiger partial charge in [-0.15, -0.1) is 11.3 Å². The molecule has 0 spiro atoms. The largest absolute Gasteiger partial charge is 0.452 e. The summed E-state index contributed by atoms with van der Waals surface area (Å²) in [5.74, 6) is -0.753. The molecule has 0 fully saturated rings. The van der Waals surface area contributed by atoms with Crippen LogP contribution in [-0.4, -0.2) is 30.1 Å². The number of anilines is 1. The number of amides is 1. The van der Waals surface area contributed by atoms with Crippen molar-refractivity contribution in [3.63, 3.8) is 0 Å². The van der Waals surface area contributed by atoms with Gasteiger partial charge in [-0.25, -0.2) is 4.79 Å². The van der Waals surface area contributed by atoms with Crippen LogP contribution in [0.15, 0.2) is 53.9 Å². The van der Waals surface area contributed by atoms with E-state index in [2.05, 4.69) is 10.6 Å². The lowest BCUT2D eigenvalue weighted by Gasteiger charge is -2.17. The van der Waals surface area contributed by atoms with E-state index in [1.54, 1.807) is 18.4 Å². The van der Waals surface area contributed by atoms with E-state index in [-0.39, 0.29) is 12.5 Å². The summed E-state index contributed by atoms with van der Waals surface area (Å²) in [6.45, 7) is 4.29. The van der Waals surface area contributed by atoms with Crippen LogP contribution in [-0.2, 0) is 16.1 Å². The Balaban J connectivity index is 1.65. The van der Waals surface area contributed by atoms with Crippen LogP contribution in [0.4, 0.5) is 5.69 Å². The van der Waals surface area contributed by atoms with Crippen LogP contribution in [0.5, 0.6) is 0 Å². The van der Waals surface area contributed by atoms with Crippen LogP contribution >= 0.6 is 11.3 Å². The lowest BCUT2D eigenvalue weighted by Crippen LogP contribution is -2.31. The summed E-state index contributed by atoms with van der Waals surface area (Å²) in [5, 5.41) is 2.04. The highest BCUT2D eigenvalue weighted by Crippen LogP contribution is 2.20. The molecule has 2 aromatic heterocycles. The van der Waals surface area contributed by atoms with E-state index >= 15 is 0 Å². The molecule has 0 bridgehead atoms. The number of aromatic nitrogens is 1. The zero-order valence-electron chi connectivity index (χ0n) is 15.6. The third-order valence-corrected chi connectivity index (χ3v) is 5.39. The number of likely N-dealkylation sites (N-methyl/N-ethyl adjacent to an activating group) is 1. The van der Waals surface area contributed by atoms with Crippen molar-refractivity contribution in [2.45, 2.75) is 20.4 Å². The van der Waals surface area contributed by atoms with Crippen LogP contribution in [0, 0.1) is 13.8 Å². The first-order valence-corrected chi connectivity index (χ1v) is 9.53. The number of benzene rings is 1. The van der Waals surface area contributed by atoms with E-state index < -0.39 is 5.97 Å². The fourth-order valence-corrected chi connectivity index (χ4v) is 3.60. The maximum atomic E-state index is 12.5. The number of carbonyl (C=O) groups is 2. The predicted octanol–water partition coefficient (Wildman–Crippen LogP) is 4.03. The minimum atomic E-state index is -0.477. The Morgan fingerprint density at radius 3 is 2.52 bits per heavy atom. The van der Waals surface area contributed by atoms with Crippen molar-refractivity contribution in [1.29, 1.82) is 0 Å². The van der Waals surface area contributed by atoms with E-state index in [0.29, 0.717) is 5.56 Å². The molecule has 0 N–H and O–H groups in total. The summed E-state index contributed by atoms with van der Waals surface area (Å²) in [6.07, 6.45) is 0. The Morgan fingerprint density at radius 1 is 1.11 bits per heavy atom. The van der Waals surface area contributed by atoms with Gasteiger partial charge in [0.2, 0.25) is 0 Å². The Labute approximate surface area is 162 Å². The zero-order chi connectivity index (χ0) is 19.4. The SMILES string of the molecule is Cc1cc(C(=O)OCC(=O)N(C)c2ccccc2)c(C)n1Cc1cccs1. The van der Waals surface area contributed by atoms with E-state index in [1.165, 1.54) is 9.78 Å². The van der Waals surface area contributed by atoms with Gasteiger partial charge < -0.3 is 14.2 Å². The Morgan fingerprint density at radius 2 is 1.85 bits per heavy atom. The molecule has 27 heavy (non-hydrogen) atoms. The molecule has 0 saturated heterocycles. The molecule has 2 heterocycles. The Hall–Kier alpha value is -2.86. The van der Waals surface area contributed by atoms with Gasteiger partial charge in [-0.3, -0.25) is 4.79 Å². The molecular weight excluding hydrogens is 360 g/mol. The van der Waals surface area contributed by atoms with Crippen LogP contribution in [0.25, 0.3) is 0 Å². The lowest BCUT2D eigenvalue weighted by molar-refractivity contribution is -0.121. The number of carbonyl (C=O) groups excluding carboxylic acids is 2. The number of rotatable bonds is 6. The molecule has 0 unspecified atom stereocenters. The van der Waals surface area contributed by atoms with Crippen molar-refractivity contribution >= 4 is 28.9 Å². The van der Waals surface area contributed by atoms with Crippen LogP contribution in [0.3, 0.4) is 0 Å². The third-order valence-electron chi connectivity index (χ3n) is 4.53. The van der Waals surface area contributed by atoms with Gasteiger partial charge in [0.15, 0.2) is 6.61 Å². The van der Waals surface area contributed by atoms with Crippen LogP contribution < -0.4 is 4.90 Å². The number of hydrogen-bond donors (Lipinski definition) is 0. The summed E-state index contributed by atoms with van der Waals surface area (Å²) in [5.41, 5.74) is 3.09. The molecule has 0 aliphatic rings. The topological polar surface area (TPSA) is 51.5 Å². The molecular formula is C21H22N2O3S. The average Bonchev–Trinajstić information content (AvgIpc) is 3.29. The Kier molecular flexibility index (Phi) is 5.76. The summed E-state index contributed by atoms with van der Waals surface area (Å²) in [6, 6.07) is 15.2. The van der Waals surface area contributed by atoms with Crippen molar-refractivity contribution in [2.75, 3.05) is 18.6 Å². The van der Waals surface area contributed by atoms with Gasteiger partial charge in [0.25, 0.3) is 5.91 Å². The van der Waals surface area contributed by atoms with E-state index in [4.69, 9.17) is 4.74 Å². The second kappa shape index (κ2) is 8.22. The highest BCUT2D eigenvalue weighted by molar-refractivity contribution is 7.09. The van der Waals surface area contributed by atoms with Crippen molar-refractivity contribution in [3.05, 3.63) is 75.7 Å². The number of thiophene rings is 1. The smallest absolute Gasteiger partial charge is 0.340 e. The lowest BCUT2D eigenvalue weighted by atomic mass is 10.2. The Bertz CT molecular complexity index is 930. The second-order valence-corrected chi connectivity index (χ2v) is 7.35. The first kappa shape index (κ1) is 18.9. The second-order valence-electron chi connectivity index (χ2n) is 6.31. The normalized spacial score (nSPS) is 10.6. The van der Waals surface area contributed by atoms with Gasteiger partial charge >= 0.3 is 5.97 Å². The molecule has 3 rings (SSSR count). The van der Waals surface area contributed by atoms with Crippen molar-refractivity contribution in [3.8, 4) is 0 Å².